The standard InChI is InChI=1S/C22H26ClN3O2/c23-18-8-6-17(7-9-18)21(27)10-11-22(28)26(16-19-4-1-2-14-25-19)20-5-3-13-24-15-12-20/h1-2,4,6-9,14,20,24H,3,5,10-13,15-16H2. The van der Waals surface area contributed by atoms with Crippen LogP contribution in [0.1, 0.15) is 48.2 Å². The highest BCUT2D eigenvalue weighted by molar-refractivity contribution is 6.30. The zero-order chi connectivity index (χ0) is 19.8. The molecule has 0 radical (unpaired) electrons. The Morgan fingerprint density at radius 3 is 2.64 bits per heavy atom. The van der Waals surface area contributed by atoms with Gasteiger partial charge in [-0.25, -0.2) is 0 Å². The number of halogens is 1. The number of carbonyl (C=O) groups excluding carboxylic acids is 2. The molecule has 1 amide bonds. The summed E-state index contributed by atoms with van der Waals surface area (Å²) in [5.74, 6) is -0.0230. The molecule has 0 spiro atoms. The lowest BCUT2D eigenvalue weighted by Gasteiger charge is -2.31. The molecule has 6 heteroatoms. The van der Waals surface area contributed by atoms with Crippen molar-refractivity contribution in [3.8, 4) is 0 Å². The first-order valence-electron chi connectivity index (χ1n) is 9.82. The molecular formula is C22H26ClN3O2. The third-order valence-electron chi connectivity index (χ3n) is 5.10. The normalized spacial score (nSPS) is 17.0. The van der Waals surface area contributed by atoms with Crippen LogP contribution in [-0.4, -0.2) is 40.7 Å². The van der Waals surface area contributed by atoms with Crippen molar-refractivity contribution in [1.29, 1.82) is 0 Å². The Bertz CT molecular complexity index is 772. The Hall–Kier alpha value is -2.24. The summed E-state index contributed by atoms with van der Waals surface area (Å²) in [6.45, 7) is 2.37. The van der Waals surface area contributed by atoms with Crippen LogP contribution in [0.25, 0.3) is 0 Å². The molecule has 2 heterocycles. The molecule has 28 heavy (non-hydrogen) atoms. The Morgan fingerprint density at radius 1 is 1.07 bits per heavy atom. The first kappa shape index (κ1) is 20.5. The van der Waals surface area contributed by atoms with Crippen molar-refractivity contribution in [2.24, 2.45) is 0 Å². The number of ketones is 1. The van der Waals surface area contributed by atoms with Crippen LogP contribution in [0, 0.1) is 0 Å². The molecule has 1 aliphatic heterocycles. The van der Waals surface area contributed by atoms with Gasteiger partial charge in [-0.05, 0) is 68.8 Å². The van der Waals surface area contributed by atoms with Gasteiger partial charge >= 0.3 is 0 Å². The molecule has 1 fully saturated rings. The minimum Gasteiger partial charge on any atom is -0.334 e. The fourth-order valence-electron chi connectivity index (χ4n) is 3.54. The summed E-state index contributed by atoms with van der Waals surface area (Å²) < 4.78 is 0. The molecule has 148 valence electrons. The maximum Gasteiger partial charge on any atom is 0.223 e. The summed E-state index contributed by atoms with van der Waals surface area (Å²) in [6, 6.07) is 12.7. The molecule has 1 aliphatic rings. The molecular weight excluding hydrogens is 374 g/mol. The highest BCUT2D eigenvalue weighted by Crippen LogP contribution is 2.19. The lowest BCUT2D eigenvalue weighted by molar-refractivity contribution is -0.134. The highest BCUT2D eigenvalue weighted by atomic mass is 35.5. The van der Waals surface area contributed by atoms with Gasteiger partial charge in [0.1, 0.15) is 0 Å². The second-order valence-electron chi connectivity index (χ2n) is 7.11. The van der Waals surface area contributed by atoms with Crippen LogP contribution < -0.4 is 5.32 Å². The van der Waals surface area contributed by atoms with Gasteiger partial charge in [0, 0.05) is 35.7 Å². The van der Waals surface area contributed by atoms with Crippen LogP contribution in [0.3, 0.4) is 0 Å². The van der Waals surface area contributed by atoms with Crippen LogP contribution in [-0.2, 0) is 11.3 Å². The van der Waals surface area contributed by atoms with Gasteiger partial charge in [-0.1, -0.05) is 17.7 Å². The zero-order valence-corrected chi connectivity index (χ0v) is 16.7. The Balaban J connectivity index is 1.66. The highest BCUT2D eigenvalue weighted by Gasteiger charge is 2.25. The van der Waals surface area contributed by atoms with Gasteiger partial charge in [0.25, 0.3) is 0 Å². The van der Waals surface area contributed by atoms with E-state index in [9.17, 15) is 9.59 Å². The van der Waals surface area contributed by atoms with E-state index in [0.717, 1.165) is 38.0 Å². The van der Waals surface area contributed by atoms with E-state index >= 15 is 0 Å². The molecule has 0 aliphatic carbocycles. The van der Waals surface area contributed by atoms with Gasteiger partial charge in [-0.15, -0.1) is 0 Å². The predicted molar refractivity (Wildman–Crippen MR) is 110 cm³/mol. The van der Waals surface area contributed by atoms with Gasteiger partial charge in [0.05, 0.1) is 12.2 Å². The first-order chi connectivity index (χ1) is 13.6. The van der Waals surface area contributed by atoms with E-state index in [0.29, 0.717) is 17.1 Å². The summed E-state index contributed by atoms with van der Waals surface area (Å²) in [6.07, 6.45) is 5.08. The molecule has 5 nitrogen and oxygen atoms in total. The van der Waals surface area contributed by atoms with E-state index < -0.39 is 0 Å². The van der Waals surface area contributed by atoms with E-state index in [1.54, 1.807) is 30.5 Å². The second kappa shape index (κ2) is 10.3. The number of hydrogen-bond donors (Lipinski definition) is 1. The summed E-state index contributed by atoms with van der Waals surface area (Å²) in [4.78, 5) is 31.8. The minimum absolute atomic E-state index is 0.0138. The fraction of sp³-hybridized carbons (Fsp3) is 0.409. The van der Waals surface area contributed by atoms with Crippen LogP contribution in [0.2, 0.25) is 5.02 Å². The summed E-state index contributed by atoms with van der Waals surface area (Å²) in [5, 5.41) is 3.99. The lowest BCUT2D eigenvalue weighted by atomic mass is 10.0. The van der Waals surface area contributed by atoms with E-state index in [1.807, 2.05) is 23.1 Å². The topological polar surface area (TPSA) is 62.3 Å². The fourth-order valence-corrected chi connectivity index (χ4v) is 3.67. The molecule has 1 saturated heterocycles. The number of rotatable bonds is 7. The Labute approximate surface area is 171 Å². The zero-order valence-electron chi connectivity index (χ0n) is 15.9. The van der Waals surface area contributed by atoms with Crippen molar-refractivity contribution < 1.29 is 9.59 Å². The summed E-state index contributed by atoms with van der Waals surface area (Å²) >= 11 is 5.88. The van der Waals surface area contributed by atoms with Gasteiger partial charge < -0.3 is 10.2 Å². The third kappa shape index (κ3) is 5.88. The number of aromatic nitrogens is 1. The number of nitrogens with one attached hydrogen (secondary N) is 1. The molecule has 1 atom stereocenters. The van der Waals surface area contributed by atoms with Crippen LogP contribution in [0.5, 0.6) is 0 Å². The Kier molecular flexibility index (Phi) is 7.57. The number of pyridine rings is 1. The van der Waals surface area contributed by atoms with Gasteiger partial charge in [0.2, 0.25) is 5.91 Å². The molecule has 1 unspecified atom stereocenters. The molecule has 1 aromatic heterocycles. The van der Waals surface area contributed by atoms with Gasteiger partial charge in [-0.2, -0.15) is 0 Å². The summed E-state index contributed by atoms with van der Waals surface area (Å²) in [5.41, 5.74) is 1.46. The molecule has 1 aromatic carbocycles. The van der Waals surface area contributed by atoms with Crippen LogP contribution in [0.4, 0.5) is 0 Å². The monoisotopic (exact) mass is 399 g/mol. The van der Waals surface area contributed by atoms with Crippen LogP contribution >= 0.6 is 11.6 Å². The first-order valence-corrected chi connectivity index (χ1v) is 10.2. The van der Waals surface area contributed by atoms with E-state index in [4.69, 9.17) is 11.6 Å². The quantitative estimate of drug-likeness (QED) is 0.718. The van der Waals surface area contributed by atoms with E-state index in [1.165, 1.54) is 0 Å². The van der Waals surface area contributed by atoms with Gasteiger partial charge in [0.15, 0.2) is 5.78 Å². The van der Waals surface area contributed by atoms with Gasteiger partial charge in [-0.3, -0.25) is 14.6 Å². The third-order valence-corrected chi connectivity index (χ3v) is 5.35. The maximum absolute atomic E-state index is 13.1. The van der Waals surface area contributed by atoms with Crippen molar-refractivity contribution in [3.63, 3.8) is 0 Å². The number of benzene rings is 1. The van der Waals surface area contributed by atoms with Crippen molar-refractivity contribution in [1.82, 2.24) is 15.2 Å². The summed E-state index contributed by atoms with van der Waals surface area (Å²) in [7, 11) is 0. The van der Waals surface area contributed by atoms with E-state index in [-0.39, 0.29) is 30.6 Å². The predicted octanol–water partition coefficient (Wildman–Crippen LogP) is 3.87. The van der Waals surface area contributed by atoms with Crippen molar-refractivity contribution >= 4 is 23.3 Å². The second-order valence-corrected chi connectivity index (χ2v) is 7.54. The molecule has 3 rings (SSSR count). The van der Waals surface area contributed by atoms with Crippen molar-refractivity contribution in [3.05, 3.63) is 64.9 Å². The molecule has 2 aromatic rings. The number of hydrogen-bond acceptors (Lipinski definition) is 4. The maximum atomic E-state index is 13.1. The molecule has 0 saturated carbocycles. The SMILES string of the molecule is O=C(CCC(=O)N(Cc1ccccn1)C1CCCNCC1)c1ccc(Cl)cc1. The Morgan fingerprint density at radius 2 is 1.89 bits per heavy atom. The molecule has 0 bridgehead atoms. The number of amides is 1. The number of carbonyl (C=O) groups is 2. The smallest absolute Gasteiger partial charge is 0.223 e. The lowest BCUT2D eigenvalue weighted by Crippen LogP contribution is -2.40. The van der Waals surface area contributed by atoms with E-state index in [2.05, 4.69) is 10.3 Å². The average Bonchev–Trinajstić information content (AvgIpc) is 3.00. The number of Topliss-reactive ketones (excluding diaryl/α,β-unsaturated/α-hetero) is 1. The van der Waals surface area contributed by atoms with Crippen molar-refractivity contribution in [2.45, 2.75) is 44.7 Å². The average molecular weight is 400 g/mol. The number of nitrogens with zero attached hydrogens (tertiary/aromatic N) is 2. The molecule has 1 N–H and O–H groups in total. The van der Waals surface area contributed by atoms with Crippen molar-refractivity contribution in [2.75, 3.05) is 13.1 Å². The largest absolute Gasteiger partial charge is 0.334 e. The van der Waals surface area contributed by atoms with Crippen LogP contribution in [0.15, 0.2) is 48.7 Å². The minimum atomic E-state index is -0.0367.